The van der Waals surface area contributed by atoms with Crippen LogP contribution in [-0.2, 0) is 14.8 Å². The van der Waals surface area contributed by atoms with Crippen LogP contribution in [0.15, 0.2) is 53.4 Å². The number of rotatable bonds is 8. The lowest BCUT2D eigenvalue weighted by Crippen LogP contribution is -2.21. The molecular formula is C21H23ClN2O5S. The molecule has 0 saturated carbocycles. The first kappa shape index (κ1) is 22.3. The number of ether oxygens (including phenoxy) is 1. The first-order valence-electron chi connectivity index (χ1n) is 9.59. The Morgan fingerprint density at radius 2 is 2.00 bits per heavy atom. The molecular weight excluding hydrogens is 428 g/mol. The molecule has 0 saturated heterocycles. The molecule has 1 aliphatic rings. The number of hydrogen-bond acceptors (Lipinski definition) is 5. The molecule has 1 aliphatic carbocycles. The number of aryl methyl sites for hydroxylation is 1. The summed E-state index contributed by atoms with van der Waals surface area (Å²) in [5.41, 5.74) is 2.23. The van der Waals surface area contributed by atoms with Crippen LogP contribution in [0.1, 0.15) is 30.4 Å². The van der Waals surface area contributed by atoms with Gasteiger partial charge in [0.2, 0.25) is 0 Å². The van der Waals surface area contributed by atoms with Gasteiger partial charge in [-0.15, -0.1) is 11.6 Å². The number of anilines is 1. The minimum absolute atomic E-state index is 0.186. The summed E-state index contributed by atoms with van der Waals surface area (Å²) >= 11 is 5.78. The number of sulfonamides is 1. The van der Waals surface area contributed by atoms with E-state index in [0.717, 1.165) is 24.8 Å². The molecule has 7 nitrogen and oxygen atoms in total. The number of halogens is 1. The van der Waals surface area contributed by atoms with Gasteiger partial charge in [0.1, 0.15) is 0 Å². The van der Waals surface area contributed by atoms with Gasteiger partial charge in [-0.2, -0.15) is 0 Å². The van der Waals surface area contributed by atoms with Crippen molar-refractivity contribution < 1.29 is 18.1 Å². The molecule has 0 bridgehead atoms. The van der Waals surface area contributed by atoms with Crippen LogP contribution in [0.2, 0.25) is 0 Å². The maximum absolute atomic E-state index is 13.1. The molecule has 0 radical (unpaired) electrons. The maximum atomic E-state index is 13.1. The SMILES string of the molecule is Cc1cccc(C2=CCCCC2OCCCl)c1NS(=O)(=O)c1ccccc1[N+](=O)[O-]. The van der Waals surface area contributed by atoms with Crippen molar-refractivity contribution in [2.24, 2.45) is 0 Å². The molecule has 0 spiro atoms. The van der Waals surface area contributed by atoms with E-state index in [4.69, 9.17) is 16.3 Å². The molecule has 30 heavy (non-hydrogen) atoms. The number of nitro groups is 1. The highest BCUT2D eigenvalue weighted by atomic mass is 35.5. The lowest BCUT2D eigenvalue weighted by molar-refractivity contribution is -0.387. The molecule has 0 aromatic heterocycles. The fourth-order valence-electron chi connectivity index (χ4n) is 3.56. The molecule has 1 N–H and O–H groups in total. The molecule has 2 aromatic carbocycles. The molecule has 2 aromatic rings. The Bertz CT molecular complexity index is 1070. The van der Waals surface area contributed by atoms with Crippen LogP contribution in [0, 0.1) is 17.0 Å². The minimum atomic E-state index is -4.19. The van der Waals surface area contributed by atoms with Crippen LogP contribution < -0.4 is 4.72 Å². The second kappa shape index (κ2) is 9.59. The number of alkyl halides is 1. The average Bonchev–Trinajstić information content (AvgIpc) is 2.74. The second-order valence-corrected chi connectivity index (χ2v) is 9.00. The van der Waals surface area contributed by atoms with Crippen molar-refractivity contribution in [1.82, 2.24) is 0 Å². The lowest BCUT2D eigenvalue weighted by Gasteiger charge is -2.27. The first-order chi connectivity index (χ1) is 14.3. The van der Waals surface area contributed by atoms with Crippen molar-refractivity contribution in [2.45, 2.75) is 37.2 Å². The highest BCUT2D eigenvalue weighted by molar-refractivity contribution is 7.92. The fourth-order valence-corrected chi connectivity index (χ4v) is 4.97. The predicted molar refractivity (Wildman–Crippen MR) is 117 cm³/mol. The number of benzene rings is 2. The third kappa shape index (κ3) is 4.83. The van der Waals surface area contributed by atoms with Gasteiger partial charge in [-0.3, -0.25) is 14.8 Å². The van der Waals surface area contributed by atoms with Gasteiger partial charge in [-0.1, -0.05) is 36.4 Å². The Morgan fingerprint density at radius 3 is 2.73 bits per heavy atom. The van der Waals surface area contributed by atoms with Crippen LogP contribution in [-0.4, -0.2) is 31.9 Å². The Kier molecular flexibility index (Phi) is 7.12. The molecule has 0 heterocycles. The van der Waals surface area contributed by atoms with E-state index in [1.165, 1.54) is 24.3 Å². The van der Waals surface area contributed by atoms with Crippen LogP contribution >= 0.6 is 11.6 Å². The van der Waals surface area contributed by atoms with Crippen molar-refractivity contribution in [3.63, 3.8) is 0 Å². The number of nitro benzene ring substituents is 1. The van der Waals surface area contributed by atoms with E-state index < -0.39 is 20.6 Å². The third-order valence-electron chi connectivity index (χ3n) is 4.95. The number of hydrogen-bond donors (Lipinski definition) is 1. The van der Waals surface area contributed by atoms with Gasteiger partial charge < -0.3 is 4.74 Å². The molecule has 1 atom stereocenters. The van der Waals surface area contributed by atoms with Crippen LogP contribution in [0.5, 0.6) is 0 Å². The van der Waals surface area contributed by atoms with Crippen molar-refractivity contribution in [3.05, 3.63) is 69.8 Å². The van der Waals surface area contributed by atoms with Gasteiger partial charge in [-0.05, 0) is 43.4 Å². The highest BCUT2D eigenvalue weighted by Crippen LogP contribution is 2.37. The molecule has 9 heteroatoms. The van der Waals surface area contributed by atoms with Crippen molar-refractivity contribution >= 4 is 38.6 Å². The van der Waals surface area contributed by atoms with Crippen LogP contribution in [0.3, 0.4) is 0 Å². The van der Waals surface area contributed by atoms with Gasteiger partial charge in [0.15, 0.2) is 4.90 Å². The molecule has 1 unspecified atom stereocenters. The number of nitrogens with one attached hydrogen (secondary N) is 1. The van der Waals surface area contributed by atoms with E-state index >= 15 is 0 Å². The maximum Gasteiger partial charge on any atom is 0.289 e. The quantitative estimate of drug-likeness (QED) is 0.350. The second-order valence-electron chi connectivity index (χ2n) is 6.97. The molecule has 0 aliphatic heterocycles. The summed E-state index contributed by atoms with van der Waals surface area (Å²) in [7, 11) is -4.19. The largest absolute Gasteiger partial charge is 0.372 e. The third-order valence-corrected chi connectivity index (χ3v) is 6.50. The highest BCUT2D eigenvalue weighted by Gasteiger charge is 2.28. The number of para-hydroxylation sites is 2. The number of allylic oxidation sites excluding steroid dienone is 1. The van der Waals surface area contributed by atoms with Crippen LogP contribution in [0.4, 0.5) is 11.4 Å². The lowest BCUT2D eigenvalue weighted by atomic mass is 9.89. The van der Waals surface area contributed by atoms with E-state index in [1.807, 2.05) is 12.1 Å². The standard InChI is InChI=1S/C21H23ClN2O5S/c1-15-7-6-9-17(16-8-2-4-11-19(16)29-14-13-22)21(15)23-30(27,28)20-12-5-3-10-18(20)24(25)26/h3,5-10,12,19,23H,2,4,11,13-14H2,1H3. The summed E-state index contributed by atoms with van der Waals surface area (Å²) in [6, 6.07) is 10.8. The number of nitrogens with zero attached hydrogens (tertiary/aromatic N) is 1. The Hall–Kier alpha value is -2.42. The van der Waals surface area contributed by atoms with E-state index in [1.54, 1.807) is 13.0 Å². The molecule has 0 fully saturated rings. The summed E-state index contributed by atoms with van der Waals surface area (Å²) < 4.78 is 34.6. The Labute approximate surface area is 180 Å². The average molecular weight is 451 g/mol. The summed E-state index contributed by atoms with van der Waals surface area (Å²) in [5.74, 6) is 0.370. The van der Waals surface area contributed by atoms with Gasteiger partial charge in [0, 0.05) is 17.5 Å². The van der Waals surface area contributed by atoms with E-state index in [0.29, 0.717) is 29.3 Å². The van der Waals surface area contributed by atoms with Gasteiger partial charge in [-0.25, -0.2) is 8.42 Å². The van der Waals surface area contributed by atoms with Gasteiger partial charge in [0.05, 0.1) is 23.3 Å². The monoisotopic (exact) mass is 450 g/mol. The summed E-state index contributed by atoms with van der Waals surface area (Å²) in [6.45, 7) is 2.19. The van der Waals surface area contributed by atoms with Crippen molar-refractivity contribution in [2.75, 3.05) is 17.2 Å². The zero-order valence-corrected chi connectivity index (χ0v) is 18.1. The summed E-state index contributed by atoms with van der Waals surface area (Å²) in [5, 5.41) is 11.3. The Balaban J connectivity index is 2.04. The predicted octanol–water partition coefficient (Wildman–Crippen LogP) is 4.90. The first-order valence-corrected chi connectivity index (χ1v) is 11.6. The fraction of sp³-hybridized carbons (Fsp3) is 0.333. The van der Waals surface area contributed by atoms with E-state index in [-0.39, 0.29) is 11.0 Å². The van der Waals surface area contributed by atoms with E-state index in [2.05, 4.69) is 10.8 Å². The van der Waals surface area contributed by atoms with Crippen LogP contribution in [0.25, 0.3) is 5.57 Å². The normalized spacial score (nSPS) is 16.7. The summed E-state index contributed by atoms with van der Waals surface area (Å²) in [6.07, 6.45) is 4.51. The molecule has 160 valence electrons. The zero-order chi connectivity index (χ0) is 21.7. The van der Waals surface area contributed by atoms with Gasteiger partial charge in [0.25, 0.3) is 15.7 Å². The minimum Gasteiger partial charge on any atom is -0.372 e. The smallest absolute Gasteiger partial charge is 0.289 e. The van der Waals surface area contributed by atoms with Gasteiger partial charge >= 0.3 is 0 Å². The molecule has 3 rings (SSSR count). The van der Waals surface area contributed by atoms with Crippen molar-refractivity contribution in [1.29, 1.82) is 0 Å². The molecule has 0 amide bonds. The van der Waals surface area contributed by atoms with E-state index in [9.17, 15) is 18.5 Å². The van der Waals surface area contributed by atoms with Crippen molar-refractivity contribution in [3.8, 4) is 0 Å². The Morgan fingerprint density at radius 1 is 1.23 bits per heavy atom. The summed E-state index contributed by atoms with van der Waals surface area (Å²) in [4.78, 5) is 10.2. The zero-order valence-electron chi connectivity index (χ0n) is 16.5. The topological polar surface area (TPSA) is 98.5 Å².